The van der Waals surface area contributed by atoms with E-state index in [2.05, 4.69) is 10.3 Å². The molecule has 0 aliphatic heterocycles. The Hall–Kier alpha value is -1.13. The van der Waals surface area contributed by atoms with Crippen LogP contribution in [-0.2, 0) is 6.54 Å². The summed E-state index contributed by atoms with van der Waals surface area (Å²) in [5, 5.41) is 12.5. The fourth-order valence-corrected chi connectivity index (χ4v) is 1.82. The Morgan fingerprint density at radius 3 is 2.61 bits per heavy atom. The van der Waals surface area contributed by atoms with Gasteiger partial charge < -0.3 is 15.2 Å². The monoisotopic (exact) mass is 252 g/mol. The first kappa shape index (κ1) is 14.9. The van der Waals surface area contributed by atoms with Crippen LogP contribution < -0.4 is 10.1 Å². The molecule has 0 amide bonds. The van der Waals surface area contributed by atoms with Crippen molar-refractivity contribution in [2.24, 2.45) is 5.41 Å². The number of aryl methyl sites for hydroxylation is 1. The molecule has 0 saturated carbocycles. The molecule has 0 aliphatic rings. The molecular weight excluding hydrogens is 228 g/mol. The molecule has 4 heteroatoms. The third kappa shape index (κ3) is 3.68. The average Bonchev–Trinajstić information content (AvgIpc) is 2.33. The van der Waals surface area contributed by atoms with Crippen molar-refractivity contribution in [2.45, 2.75) is 34.2 Å². The zero-order chi connectivity index (χ0) is 13.8. The number of aliphatic hydroxyl groups excluding tert-OH is 1. The second-order valence-electron chi connectivity index (χ2n) is 5.47. The summed E-state index contributed by atoms with van der Waals surface area (Å²) in [4.78, 5) is 4.43. The van der Waals surface area contributed by atoms with Crippen molar-refractivity contribution in [3.8, 4) is 5.75 Å². The van der Waals surface area contributed by atoms with Crippen molar-refractivity contribution in [3.63, 3.8) is 0 Å². The van der Waals surface area contributed by atoms with Crippen LogP contribution in [0.4, 0.5) is 0 Å². The van der Waals surface area contributed by atoms with Crippen molar-refractivity contribution in [3.05, 3.63) is 23.0 Å². The maximum Gasteiger partial charge on any atom is 0.128 e. The highest BCUT2D eigenvalue weighted by Crippen LogP contribution is 2.23. The predicted octanol–water partition coefficient (Wildman–Crippen LogP) is 1.82. The summed E-state index contributed by atoms with van der Waals surface area (Å²) in [6, 6.07) is 0. The van der Waals surface area contributed by atoms with Gasteiger partial charge in [0, 0.05) is 42.4 Å². The molecule has 1 heterocycles. The summed E-state index contributed by atoms with van der Waals surface area (Å²) in [5.41, 5.74) is 3.01. The first-order chi connectivity index (χ1) is 8.41. The largest absolute Gasteiger partial charge is 0.496 e. The number of methoxy groups -OCH3 is 1. The smallest absolute Gasteiger partial charge is 0.128 e. The molecule has 0 saturated heterocycles. The van der Waals surface area contributed by atoms with Gasteiger partial charge in [0.15, 0.2) is 0 Å². The Kier molecular flexibility index (Phi) is 5.11. The molecule has 1 aromatic rings. The molecule has 1 rings (SSSR count). The van der Waals surface area contributed by atoms with Crippen LogP contribution in [0.2, 0.25) is 0 Å². The van der Waals surface area contributed by atoms with Crippen LogP contribution in [0.5, 0.6) is 5.75 Å². The summed E-state index contributed by atoms with van der Waals surface area (Å²) in [7, 11) is 1.68. The fourth-order valence-electron chi connectivity index (χ4n) is 1.82. The Balaban J connectivity index is 2.69. The fraction of sp³-hybridized carbons (Fsp3) is 0.643. The Morgan fingerprint density at radius 1 is 1.39 bits per heavy atom. The van der Waals surface area contributed by atoms with E-state index in [1.807, 2.05) is 33.9 Å². The van der Waals surface area contributed by atoms with E-state index in [4.69, 9.17) is 4.74 Å². The molecule has 0 unspecified atom stereocenters. The van der Waals surface area contributed by atoms with Gasteiger partial charge in [-0.1, -0.05) is 13.8 Å². The number of rotatable bonds is 6. The number of hydrogen-bond acceptors (Lipinski definition) is 4. The minimum absolute atomic E-state index is 0.108. The van der Waals surface area contributed by atoms with Gasteiger partial charge >= 0.3 is 0 Å². The van der Waals surface area contributed by atoms with Crippen LogP contribution >= 0.6 is 0 Å². The van der Waals surface area contributed by atoms with Crippen molar-refractivity contribution in [2.75, 3.05) is 20.3 Å². The number of hydrogen-bond donors (Lipinski definition) is 2. The van der Waals surface area contributed by atoms with E-state index in [9.17, 15) is 5.11 Å². The van der Waals surface area contributed by atoms with Gasteiger partial charge in [-0.05, 0) is 13.8 Å². The molecule has 0 bridgehead atoms. The number of nitrogens with one attached hydrogen (secondary N) is 1. The van der Waals surface area contributed by atoms with Crippen LogP contribution in [-0.4, -0.2) is 30.4 Å². The average molecular weight is 252 g/mol. The molecular formula is C14H24N2O2. The normalized spacial score (nSPS) is 11.7. The maximum absolute atomic E-state index is 9.19. The van der Waals surface area contributed by atoms with Gasteiger partial charge in [0.05, 0.1) is 12.8 Å². The van der Waals surface area contributed by atoms with Crippen LogP contribution in [0.25, 0.3) is 0 Å². The Bertz CT molecular complexity index is 403. The molecule has 0 aromatic carbocycles. The van der Waals surface area contributed by atoms with Gasteiger partial charge in [-0.15, -0.1) is 0 Å². The standard InChI is InChI=1S/C14H24N2O2/c1-10-6-16-12(11(2)13(10)18-5)7-15-8-14(3,4)9-17/h6,15,17H,7-9H2,1-5H3. The minimum Gasteiger partial charge on any atom is -0.496 e. The second-order valence-corrected chi connectivity index (χ2v) is 5.47. The van der Waals surface area contributed by atoms with Gasteiger partial charge in [0.25, 0.3) is 0 Å². The Labute approximate surface area is 109 Å². The SMILES string of the molecule is COc1c(C)cnc(CNCC(C)(C)CO)c1C. The summed E-state index contributed by atoms with van der Waals surface area (Å²) >= 11 is 0. The number of aromatic nitrogens is 1. The van der Waals surface area contributed by atoms with Crippen molar-refractivity contribution in [1.82, 2.24) is 10.3 Å². The lowest BCUT2D eigenvalue weighted by Gasteiger charge is -2.22. The first-order valence-electron chi connectivity index (χ1n) is 6.22. The van der Waals surface area contributed by atoms with Gasteiger partial charge in [0.2, 0.25) is 0 Å². The summed E-state index contributed by atoms with van der Waals surface area (Å²) in [5.74, 6) is 0.906. The maximum atomic E-state index is 9.19. The molecule has 18 heavy (non-hydrogen) atoms. The lowest BCUT2D eigenvalue weighted by Crippen LogP contribution is -2.32. The van der Waals surface area contributed by atoms with Crippen LogP contribution in [0, 0.1) is 19.3 Å². The summed E-state index contributed by atoms with van der Waals surface area (Å²) in [6.07, 6.45) is 1.83. The summed E-state index contributed by atoms with van der Waals surface area (Å²) < 4.78 is 5.38. The first-order valence-corrected chi connectivity index (χ1v) is 6.22. The third-order valence-electron chi connectivity index (χ3n) is 3.07. The van der Waals surface area contributed by atoms with E-state index >= 15 is 0 Å². The summed E-state index contributed by atoms with van der Waals surface area (Å²) in [6.45, 7) is 9.67. The van der Waals surface area contributed by atoms with E-state index in [0.717, 1.165) is 29.1 Å². The van der Waals surface area contributed by atoms with E-state index in [1.54, 1.807) is 7.11 Å². The van der Waals surface area contributed by atoms with E-state index < -0.39 is 0 Å². The van der Waals surface area contributed by atoms with Gasteiger partial charge in [-0.2, -0.15) is 0 Å². The number of pyridine rings is 1. The van der Waals surface area contributed by atoms with Crippen LogP contribution in [0.1, 0.15) is 30.7 Å². The van der Waals surface area contributed by atoms with Gasteiger partial charge in [-0.25, -0.2) is 0 Å². The molecule has 0 spiro atoms. The lowest BCUT2D eigenvalue weighted by molar-refractivity contribution is 0.156. The quantitative estimate of drug-likeness (QED) is 0.811. The zero-order valence-corrected chi connectivity index (χ0v) is 12.0. The highest BCUT2D eigenvalue weighted by atomic mass is 16.5. The second kappa shape index (κ2) is 6.16. The van der Waals surface area contributed by atoms with Crippen LogP contribution in [0.15, 0.2) is 6.20 Å². The minimum atomic E-state index is -0.108. The van der Waals surface area contributed by atoms with Crippen LogP contribution in [0.3, 0.4) is 0 Å². The molecule has 0 radical (unpaired) electrons. The van der Waals surface area contributed by atoms with E-state index in [-0.39, 0.29) is 12.0 Å². The number of ether oxygens (including phenoxy) is 1. The zero-order valence-electron chi connectivity index (χ0n) is 12.0. The number of nitrogens with zero attached hydrogens (tertiary/aromatic N) is 1. The molecule has 1 aromatic heterocycles. The van der Waals surface area contributed by atoms with Crippen molar-refractivity contribution >= 4 is 0 Å². The van der Waals surface area contributed by atoms with E-state index in [0.29, 0.717) is 6.54 Å². The van der Waals surface area contributed by atoms with E-state index in [1.165, 1.54) is 0 Å². The topological polar surface area (TPSA) is 54.4 Å². The highest BCUT2D eigenvalue weighted by Gasteiger charge is 2.16. The van der Waals surface area contributed by atoms with Crippen molar-refractivity contribution in [1.29, 1.82) is 0 Å². The van der Waals surface area contributed by atoms with Gasteiger partial charge in [0.1, 0.15) is 5.75 Å². The lowest BCUT2D eigenvalue weighted by atomic mass is 9.95. The third-order valence-corrected chi connectivity index (χ3v) is 3.07. The van der Waals surface area contributed by atoms with Crippen molar-refractivity contribution < 1.29 is 9.84 Å². The Morgan fingerprint density at radius 2 is 2.06 bits per heavy atom. The predicted molar refractivity (Wildman–Crippen MR) is 72.8 cm³/mol. The molecule has 0 atom stereocenters. The molecule has 0 aliphatic carbocycles. The molecule has 4 nitrogen and oxygen atoms in total. The number of aliphatic hydroxyl groups is 1. The highest BCUT2D eigenvalue weighted by molar-refractivity contribution is 5.40. The molecule has 2 N–H and O–H groups in total. The molecule has 102 valence electrons. The molecule has 0 fully saturated rings. The van der Waals surface area contributed by atoms with Gasteiger partial charge in [-0.3, -0.25) is 4.98 Å².